The minimum absolute atomic E-state index is 0.0664. The smallest absolute Gasteiger partial charge is 0.297 e. The van der Waals surface area contributed by atoms with Crippen molar-refractivity contribution in [3.8, 4) is 11.1 Å². The van der Waals surface area contributed by atoms with Crippen molar-refractivity contribution in [2.24, 2.45) is 0 Å². The van der Waals surface area contributed by atoms with E-state index < -0.39 is 6.04 Å². The average Bonchev–Trinajstić information content (AvgIpc) is 3.84. The van der Waals surface area contributed by atoms with Crippen LogP contribution in [0.1, 0.15) is 138 Å². The first kappa shape index (κ1) is 43.1. The Kier molecular flexibility index (Phi) is 9.84. The highest BCUT2D eigenvalue weighted by Gasteiger charge is 2.50. The summed E-state index contributed by atoms with van der Waals surface area (Å²) in [5, 5.41) is 1.06. The SMILES string of the molecule is [2H]c1c([2H])c([2H])c(-c2ccc(N(c3ccccc3)c3cc4c5c(c3)N(c3ccc(C(C)(C)C)cc3)c3c(oc6ccc(C(C)(C)C)cc36)B5c3cc5c(cc3N4c3ccccc3C(C)(C)C)C(C)(C)CCC5(C)C)cc2)c([2H])c1[2H]. The highest BCUT2D eigenvalue weighted by Crippen LogP contribution is 2.54. The molecule has 0 spiro atoms. The van der Waals surface area contributed by atoms with Crippen LogP contribution in [0.5, 0.6) is 0 Å². The van der Waals surface area contributed by atoms with Gasteiger partial charge in [-0.1, -0.05) is 193 Å². The van der Waals surface area contributed by atoms with Gasteiger partial charge in [-0.25, -0.2) is 0 Å². The predicted molar refractivity (Wildman–Crippen MR) is 322 cm³/mol. The third-order valence-electron chi connectivity index (χ3n) is 16.6. The number of hydrogen-bond donors (Lipinski definition) is 0. The minimum atomic E-state index is -0.409. The summed E-state index contributed by atoms with van der Waals surface area (Å²) in [5.74, 6) is 0. The molecule has 9 aromatic rings. The van der Waals surface area contributed by atoms with Crippen LogP contribution in [0.25, 0.3) is 22.1 Å². The molecule has 0 saturated carbocycles. The molecule has 0 radical (unpaired) electrons. The first-order valence-corrected chi connectivity index (χ1v) is 26.9. The Morgan fingerprint density at radius 1 is 0.520 bits per heavy atom. The molecular weight excluding hydrogens is 910 g/mol. The average molecular weight is 987 g/mol. The zero-order valence-corrected chi connectivity index (χ0v) is 46.1. The van der Waals surface area contributed by atoms with Crippen molar-refractivity contribution in [2.75, 3.05) is 14.7 Å². The molecule has 0 N–H and O–H groups in total. The summed E-state index contributed by atoms with van der Waals surface area (Å²) < 4.78 is 50.6. The number of fused-ring (bicyclic) bond motifs is 7. The number of benzene rings is 8. The second-order valence-corrected chi connectivity index (χ2v) is 25.8. The van der Waals surface area contributed by atoms with Gasteiger partial charge in [0.2, 0.25) is 0 Å². The Morgan fingerprint density at radius 3 is 1.75 bits per heavy atom. The molecule has 75 heavy (non-hydrogen) atoms. The van der Waals surface area contributed by atoms with Crippen molar-refractivity contribution in [3.63, 3.8) is 0 Å². The largest absolute Gasteiger partial charge is 0.468 e. The van der Waals surface area contributed by atoms with Crippen LogP contribution in [0.15, 0.2) is 180 Å². The first-order valence-electron chi connectivity index (χ1n) is 29.4. The summed E-state index contributed by atoms with van der Waals surface area (Å²) in [5.41, 5.74) is 19.9. The molecule has 0 unspecified atom stereocenters. The molecule has 376 valence electrons. The molecule has 0 saturated heterocycles. The van der Waals surface area contributed by atoms with Gasteiger partial charge in [-0.05, 0) is 163 Å². The highest BCUT2D eigenvalue weighted by atomic mass is 16.3. The quantitative estimate of drug-likeness (QED) is 0.155. The van der Waals surface area contributed by atoms with E-state index in [4.69, 9.17) is 11.3 Å². The lowest BCUT2D eigenvalue weighted by atomic mass is 9.35. The summed E-state index contributed by atoms with van der Waals surface area (Å²) in [7, 11) is 0. The zero-order valence-electron chi connectivity index (χ0n) is 51.1. The second kappa shape index (κ2) is 17.1. The molecule has 12 rings (SSSR count). The number of hydrogen-bond acceptors (Lipinski definition) is 4. The van der Waals surface area contributed by atoms with Gasteiger partial charge in [-0.15, -0.1) is 0 Å². The van der Waals surface area contributed by atoms with E-state index in [1.807, 2.05) is 30.3 Å². The summed E-state index contributed by atoms with van der Waals surface area (Å²) in [6.45, 7) is 30.0. The molecule has 5 heteroatoms. The second-order valence-electron chi connectivity index (χ2n) is 25.8. The van der Waals surface area contributed by atoms with Gasteiger partial charge in [0, 0.05) is 45.2 Å². The van der Waals surface area contributed by atoms with Crippen LogP contribution in [0.2, 0.25) is 0 Å². The van der Waals surface area contributed by atoms with Gasteiger partial charge in [0.1, 0.15) is 5.58 Å². The van der Waals surface area contributed by atoms with Crippen LogP contribution >= 0.6 is 0 Å². The van der Waals surface area contributed by atoms with Crippen molar-refractivity contribution in [1.29, 1.82) is 0 Å². The van der Waals surface area contributed by atoms with E-state index in [2.05, 4.69) is 220 Å². The van der Waals surface area contributed by atoms with Crippen molar-refractivity contribution >= 4 is 85.5 Å². The van der Waals surface area contributed by atoms with Gasteiger partial charge < -0.3 is 19.1 Å². The molecule has 4 nitrogen and oxygen atoms in total. The van der Waals surface area contributed by atoms with Gasteiger partial charge in [0.15, 0.2) is 0 Å². The summed E-state index contributed by atoms with van der Waals surface area (Å²) in [6, 6.07) is 51.4. The van der Waals surface area contributed by atoms with E-state index in [1.165, 1.54) is 33.3 Å². The van der Waals surface area contributed by atoms with Crippen LogP contribution in [0, 0.1) is 0 Å². The molecule has 1 aromatic heterocycles. The summed E-state index contributed by atoms with van der Waals surface area (Å²) >= 11 is 0. The number of anilines is 9. The van der Waals surface area contributed by atoms with Gasteiger partial charge in [0.25, 0.3) is 6.71 Å². The standard InChI is InChI=1S/C70H72BN3O/c1-66(2,3)47-30-35-51(36-31-47)73-60-41-52(72(49-24-18-15-19-25-49)50-33-28-46(29-34-50)45-22-16-14-17-23-45)42-61-63(60)71(65-64(73)53-40-48(67(4,5)6)32-37-62(53)75-65)57-43-55-56(70(12,13)39-38-69(55,10)11)44-59(57)74(61)58-27-21-20-26-54(58)68(7,8)9/h14-37,40-44H,38-39H2,1-13H3/i14D,16D,17D,22D,23D. The number of para-hydroxylation sites is 2. The molecule has 0 bridgehead atoms. The summed E-state index contributed by atoms with van der Waals surface area (Å²) in [6.07, 6.45) is 2.16. The Labute approximate surface area is 454 Å². The topological polar surface area (TPSA) is 22.9 Å². The van der Waals surface area contributed by atoms with E-state index in [1.54, 1.807) is 0 Å². The number of rotatable bonds is 6. The lowest BCUT2D eigenvalue weighted by molar-refractivity contribution is 0.332. The number of furan rings is 1. The molecule has 3 heterocycles. The third kappa shape index (κ3) is 8.12. The molecule has 3 aliphatic rings. The van der Waals surface area contributed by atoms with Crippen molar-refractivity contribution in [2.45, 2.75) is 130 Å². The highest BCUT2D eigenvalue weighted by molar-refractivity contribution is 7.00. The Morgan fingerprint density at radius 2 is 1.11 bits per heavy atom. The third-order valence-corrected chi connectivity index (χ3v) is 16.6. The predicted octanol–water partition coefficient (Wildman–Crippen LogP) is 17.9. The molecule has 1 aliphatic carbocycles. The van der Waals surface area contributed by atoms with Crippen LogP contribution in [0.3, 0.4) is 0 Å². The van der Waals surface area contributed by atoms with Gasteiger partial charge in [0.05, 0.1) is 23.9 Å². The molecule has 0 fully saturated rings. The zero-order chi connectivity index (χ0) is 56.9. The van der Waals surface area contributed by atoms with E-state index in [-0.39, 0.29) is 63.5 Å². The lowest BCUT2D eigenvalue weighted by Crippen LogP contribution is -2.61. The van der Waals surface area contributed by atoms with Crippen LogP contribution in [-0.2, 0) is 27.1 Å². The normalized spacial score (nSPS) is 16.5. The minimum Gasteiger partial charge on any atom is -0.468 e. The van der Waals surface area contributed by atoms with Gasteiger partial charge in [-0.3, -0.25) is 0 Å². The van der Waals surface area contributed by atoms with E-state index >= 15 is 0 Å². The molecule has 0 amide bonds. The Hall–Kier alpha value is -7.24. The Bertz CT molecular complexity index is 3940. The fourth-order valence-electron chi connectivity index (χ4n) is 12.3. The lowest BCUT2D eigenvalue weighted by Gasteiger charge is -2.47. The van der Waals surface area contributed by atoms with E-state index in [0.717, 1.165) is 86.1 Å². The van der Waals surface area contributed by atoms with Crippen LogP contribution in [0.4, 0.5) is 51.2 Å². The van der Waals surface area contributed by atoms with Crippen LogP contribution < -0.4 is 31.3 Å². The molecule has 0 atom stereocenters. The van der Waals surface area contributed by atoms with Gasteiger partial charge >= 0.3 is 0 Å². The maximum absolute atomic E-state index is 8.89. The fraction of sp³-hybridized carbons (Fsp3) is 0.286. The monoisotopic (exact) mass is 987 g/mol. The summed E-state index contributed by atoms with van der Waals surface area (Å²) in [4.78, 5) is 7.35. The Balaban J connectivity index is 1.23. The van der Waals surface area contributed by atoms with Crippen molar-refractivity contribution in [1.82, 2.24) is 0 Å². The van der Waals surface area contributed by atoms with E-state index in [0.29, 0.717) is 5.56 Å². The van der Waals surface area contributed by atoms with Gasteiger partial charge in [-0.2, -0.15) is 0 Å². The molecule has 8 aromatic carbocycles. The maximum Gasteiger partial charge on any atom is 0.297 e. The molecular formula is C70H72BN3O. The molecule has 2 aliphatic heterocycles. The first-order chi connectivity index (χ1) is 37.7. The number of nitrogens with zero attached hydrogens (tertiary/aromatic N) is 3. The van der Waals surface area contributed by atoms with E-state index in [9.17, 15) is 0 Å². The maximum atomic E-state index is 8.89. The van der Waals surface area contributed by atoms with Crippen LogP contribution in [-0.4, -0.2) is 6.71 Å². The van der Waals surface area contributed by atoms with Crippen molar-refractivity contribution in [3.05, 3.63) is 204 Å². The van der Waals surface area contributed by atoms with Crippen molar-refractivity contribution < 1.29 is 11.3 Å². The fourth-order valence-corrected chi connectivity index (χ4v) is 12.3.